The molecule has 0 atom stereocenters. The second-order valence-electron chi connectivity index (χ2n) is 6.16. The van der Waals surface area contributed by atoms with Crippen LogP contribution in [0.1, 0.15) is 10.5 Å². The van der Waals surface area contributed by atoms with Gasteiger partial charge in [0.25, 0.3) is 5.91 Å². The molecular formula is C18H19N5O. The van der Waals surface area contributed by atoms with Crippen LogP contribution in [0.15, 0.2) is 42.5 Å². The Balaban J connectivity index is 1.63. The van der Waals surface area contributed by atoms with Gasteiger partial charge in [-0.2, -0.15) is 0 Å². The van der Waals surface area contributed by atoms with Crippen LogP contribution in [0.4, 0.5) is 0 Å². The van der Waals surface area contributed by atoms with Crippen LogP contribution in [-0.4, -0.2) is 59.2 Å². The lowest BCUT2D eigenvalue weighted by molar-refractivity contribution is 0.0658. The summed E-state index contributed by atoms with van der Waals surface area (Å²) in [5.41, 5.74) is 4.88. The normalized spacial score (nSPS) is 16.5. The van der Waals surface area contributed by atoms with Crippen LogP contribution in [0.3, 0.4) is 0 Å². The molecule has 1 aromatic carbocycles. The molecule has 0 radical (unpaired) electrons. The van der Waals surface area contributed by atoms with Crippen molar-refractivity contribution in [3.8, 4) is 11.3 Å². The minimum Gasteiger partial charge on any atom is -0.304 e. The predicted molar refractivity (Wildman–Crippen MR) is 92.7 cm³/mol. The first-order valence-corrected chi connectivity index (χ1v) is 8.11. The Morgan fingerprint density at radius 1 is 1.00 bits per heavy atom. The standard InChI is InChI=1S/C18H19N5O/c1-22-9-11-23(12-10-22)21-18(24)17-15-8-4-6-13-5-2-3-7-14(13)16(15)19-20-17/h2-8H,9-12H2,1H3,(H,21,24). The van der Waals surface area contributed by atoms with Gasteiger partial charge in [-0.15, -0.1) is 10.2 Å². The maximum Gasteiger partial charge on any atom is 0.286 e. The number of carbonyl (C=O) groups is 1. The van der Waals surface area contributed by atoms with Crippen LogP contribution in [-0.2, 0) is 0 Å². The smallest absolute Gasteiger partial charge is 0.286 e. The van der Waals surface area contributed by atoms with Crippen molar-refractivity contribution in [2.45, 2.75) is 0 Å². The van der Waals surface area contributed by atoms with Crippen LogP contribution < -0.4 is 5.43 Å². The third-order valence-corrected chi connectivity index (χ3v) is 4.49. The minimum atomic E-state index is -0.197. The van der Waals surface area contributed by atoms with Gasteiger partial charge in [-0.05, 0) is 12.4 Å². The second-order valence-corrected chi connectivity index (χ2v) is 6.16. The number of hydrazine groups is 1. The van der Waals surface area contributed by atoms with Crippen molar-refractivity contribution in [1.82, 2.24) is 25.5 Å². The van der Waals surface area contributed by atoms with Crippen LogP contribution in [0.2, 0.25) is 0 Å². The highest BCUT2D eigenvalue weighted by Crippen LogP contribution is 2.29. The fraction of sp³-hybridized carbons (Fsp3) is 0.278. The van der Waals surface area contributed by atoms with Gasteiger partial charge in [-0.3, -0.25) is 10.2 Å². The van der Waals surface area contributed by atoms with Crippen molar-refractivity contribution in [3.05, 3.63) is 48.2 Å². The first-order valence-electron chi connectivity index (χ1n) is 8.11. The molecule has 1 saturated heterocycles. The fourth-order valence-corrected chi connectivity index (χ4v) is 3.07. The first-order chi connectivity index (χ1) is 11.7. The third kappa shape index (κ3) is 2.70. The molecule has 1 N–H and O–H groups in total. The third-order valence-electron chi connectivity index (χ3n) is 4.49. The van der Waals surface area contributed by atoms with Gasteiger partial charge < -0.3 is 4.90 Å². The quantitative estimate of drug-likeness (QED) is 0.777. The lowest BCUT2D eigenvalue weighted by Gasteiger charge is -2.32. The van der Waals surface area contributed by atoms with Gasteiger partial charge in [0.15, 0.2) is 5.69 Å². The highest BCUT2D eigenvalue weighted by Gasteiger charge is 2.23. The van der Waals surface area contributed by atoms with E-state index in [1.807, 2.05) is 47.5 Å². The molecule has 6 nitrogen and oxygen atoms in total. The number of hydrogen-bond donors (Lipinski definition) is 1. The van der Waals surface area contributed by atoms with E-state index in [-0.39, 0.29) is 5.91 Å². The molecule has 4 rings (SSSR count). The van der Waals surface area contributed by atoms with E-state index in [0.717, 1.165) is 48.2 Å². The molecule has 0 spiro atoms. The number of fused-ring (bicyclic) bond motifs is 3. The molecule has 3 aliphatic rings. The van der Waals surface area contributed by atoms with E-state index in [1.165, 1.54) is 0 Å². The van der Waals surface area contributed by atoms with Crippen molar-refractivity contribution < 1.29 is 4.79 Å². The summed E-state index contributed by atoms with van der Waals surface area (Å²) in [6.07, 6.45) is 0. The van der Waals surface area contributed by atoms with Gasteiger partial charge in [-0.1, -0.05) is 42.5 Å². The van der Waals surface area contributed by atoms with Gasteiger partial charge in [0.2, 0.25) is 0 Å². The molecule has 1 amide bonds. The van der Waals surface area contributed by atoms with Crippen molar-refractivity contribution in [2.75, 3.05) is 33.2 Å². The van der Waals surface area contributed by atoms with Gasteiger partial charge in [-0.25, -0.2) is 5.01 Å². The maximum absolute atomic E-state index is 12.6. The summed E-state index contributed by atoms with van der Waals surface area (Å²) < 4.78 is 0. The summed E-state index contributed by atoms with van der Waals surface area (Å²) in [6, 6.07) is 13.9. The van der Waals surface area contributed by atoms with Crippen molar-refractivity contribution in [1.29, 1.82) is 0 Å². The number of carbonyl (C=O) groups excluding carboxylic acids is 1. The summed E-state index contributed by atoms with van der Waals surface area (Å²) in [4.78, 5) is 14.9. The molecule has 24 heavy (non-hydrogen) atoms. The molecule has 0 bridgehead atoms. The van der Waals surface area contributed by atoms with E-state index in [1.54, 1.807) is 0 Å². The van der Waals surface area contributed by atoms with Crippen LogP contribution >= 0.6 is 0 Å². The molecule has 0 aromatic heterocycles. The van der Waals surface area contributed by atoms with Gasteiger partial charge in [0, 0.05) is 37.1 Å². The molecule has 0 unspecified atom stereocenters. The molecule has 0 saturated carbocycles. The zero-order chi connectivity index (χ0) is 16.5. The summed E-state index contributed by atoms with van der Waals surface area (Å²) >= 11 is 0. The number of aromatic nitrogens is 2. The summed E-state index contributed by atoms with van der Waals surface area (Å²) in [7, 11) is 2.08. The summed E-state index contributed by atoms with van der Waals surface area (Å²) in [6.45, 7) is 3.50. The molecular weight excluding hydrogens is 302 g/mol. The Morgan fingerprint density at radius 3 is 2.58 bits per heavy atom. The maximum atomic E-state index is 12.6. The largest absolute Gasteiger partial charge is 0.304 e. The lowest BCUT2D eigenvalue weighted by Crippen LogP contribution is -2.52. The second kappa shape index (κ2) is 6.14. The number of nitrogens with one attached hydrogen (secondary N) is 1. The fourth-order valence-electron chi connectivity index (χ4n) is 3.07. The average molecular weight is 321 g/mol. The van der Waals surface area contributed by atoms with Crippen LogP contribution in [0.25, 0.3) is 22.0 Å². The van der Waals surface area contributed by atoms with Gasteiger partial charge in [0.05, 0.1) is 0 Å². The highest BCUT2D eigenvalue weighted by molar-refractivity contribution is 6.04. The van der Waals surface area contributed by atoms with E-state index < -0.39 is 0 Å². The Kier molecular flexibility index (Phi) is 3.84. The summed E-state index contributed by atoms with van der Waals surface area (Å²) in [5, 5.41) is 12.5. The molecule has 2 heterocycles. The molecule has 1 aromatic rings. The Hall–Kier alpha value is -2.57. The van der Waals surface area contributed by atoms with Crippen LogP contribution in [0.5, 0.6) is 0 Å². The van der Waals surface area contributed by atoms with Crippen molar-refractivity contribution in [3.63, 3.8) is 0 Å². The number of benzene rings is 1. The SMILES string of the molecule is CN1CCN(NC(=O)c2nnc3c4ccccc4cccc2-3)CC1. The van der Waals surface area contributed by atoms with E-state index in [9.17, 15) is 4.79 Å². The number of hydrogen-bond acceptors (Lipinski definition) is 5. The lowest BCUT2D eigenvalue weighted by atomic mass is 10.1. The topological polar surface area (TPSA) is 61.4 Å². The zero-order valence-electron chi connectivity index (χ0n) is 13.6. The van der Waals surface area contributed by atoms with E-state index in [0.29, 0.717) is 5.69 Å². The molecule has 1 aliphatic carbocycles. The average Bonchev–Trinajstić information content (AvgIpc) is 2.93. The minimum absolute atomic E-state index is 0.197. The van der Waals surface area contributed by atoms with Crippen molar-refractivity contribution in [2.24, 2.45) is 0 Å². The first kappa shape index (κ1) is 15.0. The van der Waals surface area contributed by atoms with Crippen molar-refractivity contribution >= 4 is 16.7 Å². The van der Waals surface area contributed by atoms with Gasteiger partial charge in [0.1, 0.15) is 5.69 Å². The number of rotatable bonds is 2. The van der Waals surface area contributed by atoms with Gasteiger partial charge >= 0.3 is 0 Å². The monoisotopic (exact) mass is 321 g/mol. The Labute approximate surface area is 140 Å². The Bertz CT molecular complexity index is 857. The van der Waals surface area contributed by atoms with Crippen LogP contribution in [0, 0.1) is 0 Å². The molecule has 2 aliphatic heterocycles. The molecule has 122 valence electrons. The van der Waals surface area contributed by atoms with E-state index >= 15 is 0 Å². The number of piperazine rings is 1. The highest BCUT2D eigenvalue weighted by atomic mass is 16.2. The zero-order valence-corrected chi connectivity index (χ0v) is 13.6. The summed E-state index contributed by atoms with van der Waals surface area (Å²) in [5.74, 6) is -0.197. The van der Waals surface area contributed by atoms with E-state index in [4.69, 9.17) is 0 Å². The number of likely N-dealkylation sites (N-methyl/N-ethyl adjacent to an activating group) is 1. The van der Waals surface area contributed by atoms with E-state index in [2.05, 4.69) is 27.6 Å². The Morgan fingerprint density at radius 2 is 1.75 bits per heavy atom. The number of amides is 1. The predicted octanol–water partition coefficient (Wildman–Crippen LogP) is 1.63. The molecule has 6 heteroatoms. The number of nitrogens with zero attached hydrogens (tertiary/aromatic N) is 4. The molecule has 1 fully saturated rings.